The number of nitro groups is 2. The molecule has 1 amide bonds. The average Bonchev–Trinajstić information content (AvgIpc) is 2.91. The van der Waals surface area contributed by atoms with Crippen LogP contribution < -0.4 is 16.7 Å². The van der Waals surface area contributed by atoms with E-state index < -0.39 is 39.1 Å². The zero-order chi connectivity index (χ0) is 27.4. The number of nitrogens with one attached hydrogen (secondary N) is 2. The van der Waals surface area contributed by atoms with Crippen molar-refractivity contribution in [1.82, 2.24) is 9.97 Å². The highest BCUT2D eigenvalue weighted by Crippen LogP contribution is 2.29. The number of benzene rings is 3. The first-order chi connectivity index (χ1) is 18.2. The Labute approximate surface area is 212 Å². The summed E-state index contributed by atoms with van der Waals surface area (Å²) in [6.07, 6.45) is -0.431. The Morgan fingerprint density at radius 3 is 2.37 bits per heavy atom. The van der Waals surface area contributed by atoms with Gasteiger partial charge in [-0.2, -0.15) is 5.10 Å². The van der Waals surface area contributed by atoms with E-state index in [1.807, 2.05) is 0 Å². The van der Waals surface area contributed by atoms with Crippen LogP contribution in [0.3, 0.4) is 0 Å². The molecule has 0 fully saturated rings. The van der Waals surface area contributed by atoms with Crippen molar-refractivity contribution >= 4 is 45.5 Å². The van der Waals surface area contributed by atoms with Gasteiger partial charge in [-0.3, -0.25) is 34.6 Å². The Balaban J connectivity index is 1.58. The molecule has 4 rings (SSSR count). The molecule has 3 aromatic carbocycles. The van der Waals surface area contributed by atoms with Crippen molar-refractivity contribution in [3.63, 3.8) is 0 Å². The molecule has 0 atom stereocenters. The number of fused-ring (bicyclic) bond motifs is 1. The summed E-state index contributed by atoms with van der Waals surface area (Å²) in [5, 5.41) is 27.8. The third-order valence-electron chi connectivity index (χ3n) is 5.45. The third-order valence-corrected chi connectivity index (χ3v) is 5.45. The Morgan fingerprint density at radius 1 is 0.974 bits per heavy atom. The predicted octanol–water partition coefficient (Wildman–Crippen LogP) is 2.47. The summed E-state index contributed by atoms with van der Waals surface area (Å²) in [5.74, 6) is 4.11. The van der Waals surface area contributed by atoms with Gasteiger partial charge < -0.3 is 16.1 Å². The first-order valence-corrected chi connectivity index (χ1v) is 10.8. The number of non-ortho nitro benzene ring substituents is 1. The van der Waals surface area contributed by atoms with Gasteiger partial charge in [0.05, 0.1) is 26.9 Å². The zero-order valence-electron chi connectivity index (χ0n) is 19.3. The molecule has 0 saturated carbocycles. The van der Waals surface area contributed by atoms with Gasteiger partial charge in [-0.05, 0) is 24.3 Å². The van der Waals surface area contributed by atoms with Crippen LogP contribution in [0.1, 0.15) is 21.6 Å². The number of hydrazone groups is 1. The second-order valence-corrected chi connectivity index (χ2v) is 7.86. The van der Waals surface area contributed by atoms with Crippen molar-refractivity contribution in [1.29, 1.82) is 0 Å². The molecule has 0 unspecified atom stereocenters. The maximum atomic E-state index is 12.7. The monoisotopic (exact) mass is 515 g/mol. The van der Waals surface area contributed by atoms with Crippen LogP contribution in [0, 0.1) is 20.2 Å². The van der Waals surface area contributed by atoms with Crippen molar-refractivity contribution in [2.75, 3.05) is 5.32 Å². The van der Waals surface area contributed by atoms with Crippen LogP contribution in [-0.4, -0.2) is 37.2 Å². The van der Waals surface area contributed by atoms with Gasteiger partial charge in [-0.25, -0.2) is 4.98 Å². The molecule has 0 saturated heterocycles. The van der Waals surface area contributed by atoms with Gasteiger partial charge in [0.15, 0.2) is 5.78 Å². The van der Waals surface area contributed by atoms with Gasteiger partial charge in [0.1, 0.15) is 17.1 Å². The molecular formula is C24H17N7O7. The third kappa shape index (κ3) is 5.23. The van der Waals surface area contributed by atoms with Gasteiger partial charge in [0.2, 0.25) is 0 Å². The number of rotatable bonds is 8. The number of H-pyrrole nitrogens is 1. The number of hydrogen-bond donors (Lipinski definition) is 3. The molecule has 0 aliphatic carbocycles. The number of nitrogens with two attached hydrogens (primary N) is 1. The fourth-order valence-corrected chi connectivity index (χ4v) is 3.57. The summed E-state index contributed by atoms with van der Waals surface area (Å²) < 4.78 is 0. The van der Waals surface area contributed by atoms with Crippen molar-refractivity contribution in [2.45, 2.75) is 6.42 Å². The van der Waals surface area contributed by atoms with Gasteiger partial charge in [0.25, 0.3) is 22.8 Å². The molecule has 190 valence electrons. The predicted molar refractivity (Wildman–Crippen MR) is 136 cm³/mol. The van der Waals surface area contributed by atoms with Crippen molar-refractivity contribution < 1.29 is 19.4 Å². The zero-order valence-corrected chi connectivity index (χ0v) is 19.3. The summed E-state index contributed by atoms with van der Waals surface area (Å²) in [6.45, 7) is 0. The second-order valence-electron chi connectivity index (χ2n) is 7.86. The number of aromatic amines is 1. The van der Waals surface area contributed by atoms with E-state index >= 15 is 0 Å². The van der Waals surface area contributed by atoms with Gasteiger partial charge in [-0.1, -0.05) is 30.3 Å². The minimum absolute atomic E-state index is 0.128. The summed E-state index contributed by atoms with van der Waals surface area (Å²) in [5.41, 5.74) is -1.34. The maximum absolute atomic E-state index is 12.7. The number of nitrogens with zero attached hydrogens (tertiary/aromatic N) is 4. The first kappa shape index (κ1) is 25.3. The van der Waals surface area contributed by atoms with E-state index in [-0.39, 0.29) is 28.4 Å². The van der Waals surface area contributed by atoms with E-state index in [0.29, 0.717) is 22.7 Å². The van der Waals surface area contributed by atoms with Gasteiger partial charge in [0, 0.05) is 23.6 Å². The Kier molecular flexibility index (Phi) is 6.96. The molecule has 0 aliphatic heterocycles. The highest BCUT2D eigenvalue weighted by molar-refractivity contribution is 6.43. The second kappa shape index (κ2) is 10.4. The molecule has 1 heterocycles. The van der Waals surface area contributed by atoms with Crippen molar-refractivity contribution in [3.05, 3.63) is 114 Å². The highest BCUT2D eigenvalue weighted by Gasteiger charge is 2.23. The molecule has 0 bridgehead atoms. The number of anilines is 1. The van der Waals surface area contributed by atoms with Crippen LogP contribution in [-0.2, 0) is 11.2 Å². The number of aromatic nitrogens is 2. The number of hydrogen-bond acceptors (Lipinski definition) is 10. The number of carbonyl (C=O) groups excluding carboxylic acids is 2. The fraction of sp³-hybridized carbons (Fsp3) is 0.0417. The largest absolute Gasteiger partial charge is 0.323 e. The number of ketones is 1. The Bertz CT molecular complexity index is 1700. The molecule has 4 aromatic rings. The van der Waals surface area contributed by atoms with Crippen LogP contribution in [0.25, 0.3) is 11.0 Å². The molecular weight excluding hydrogens is 498 g/mol. The van der Waals surface area contributed by atoms with Crippen LogP contribution >= 0.6 is 0 Å². The molecule has 14 heteroatoms. The van der Waals surface area contributed by atoms with E-state index in [4.69, 9.17) is 5.84 Å². The van der Waals surface area contributed by atoms with Crippen molar-refractivity contribution in [2.24, 2.45) is 10.9 Å². The molecule has 0 spiro atoms. The smallest absolute Gasteiger partial charge is 0.299 e. The highest BCUT2D eigenvalue weighted by atomic mass is 16.6. The molecule has 4 N–H and O–H groups in total. The standard InChI is InChI=1S/C24H17N7O7/c25-29-20(24(34)27-17-9-7-15(30(35)36)11-21(17)31(37)38)12-19-23(33)28-18-10-14(6-8-16(18)26-19)22(32)13-4-2-1-3-5-13/h1-11H,12,25H2,(H,27,34)(H,28,33). The molecule has 0 radical (unpaired) electrons. The van der Waals surface area contributed by atoms with Crippen LogP contribution in [0.2, 0.25) is 0 Å². The van der Waals surface area contributed by atoms with Crippen LogP contribution in [0.5, 0.6) is 0 Å². The number of carbonyl (C=O) groups is 2. The Morgan fingerprint density at radius 2 is 1.71 bits per heavy atom. The van der Waals surface area contributed by atoms with Gasteiger partial charge in [-0.15, -0.1) is 0 Å². The molecule has 1 aromatic heterocycles. The lowest BCUT2D eigenvalue weighted by Gasteiger charge is -2.08. The minimum atomic E-state index is -0.977. The maximum Gasteiger partial charge on any atom is 0.299 e. The normalized spacial score (nSPS) is 11.2. The lowest BCUT2D eigenvalue weighted by molar-refractivity contribution is -0.393. The lowest BCUT2D eigenvalue weighted by atomic mass is 10.0. The van der Waals surface area contributed by atoms with Gasteiger partial charge >= 0.3 is 0 Å². The summed E-state index contributed by atoms with van der Waals surface area (Å²) in [7, 11) is 0. The minimum Gasteiger partial charge on any atom is -0.323 e. The molecule has 0 aliphatic rings. The quantitative estimate of drug-likeness (QED) is 0.103. The Hall–Kier alpha value is -5.79. The van der Waals surface area contributed by atoms with Crippen molar-refractivity contribution in [3.8, 4) is 0 Å². The van der Waals surface area contributed by atoms with E-state index in [1.54, 1.807) is 36.4 Å². The molecule has 14 nitrogen and oxygen atoms in total. The van der Waals surface area contributed by atoms with E-state index in [1.165, 1.54) is 12.1 Å². The SMILES string of the molecule is NN=C(Cc1nc2ccc(C(=O)c3ccccc3)cc2[nH]c1=O)C(=O)Nc1ccc([N+](=O)[O-])cc1[N+](=O)[O-]. The average molecular weight is 515 g/mol. The number of nitro benzene ring substituents is 2. The van der Waals surface area contributed by atoms with E-state index in [0.717, 1.165) is 12.1 Å². The topological polar surface area (TPSA) is 217 Å². The first-order valence-electron chi connectivity index (χ1n) is 10.8. The fourth-order valence-electron chi connectivity index (χ4n) is 3.57. The van der Waals surface area contributed by atoms with Crippen LogP contribution in [0.4, 0.5) is 17.1 Å². The summed E-state index contributed by atoms with van der Waals surface area (Å²) >= 11 is 0. The number of amides is 1. The van der Waals surface area contributed by atoms with E-state index in [2.05, 4.69) is 20.4 Å². The lowest BCUT2D eigenvalue weighted by Crippen LogP contribution is -2.29. The molecule has 38 heavy (non-hydrogen) atoms. The van der Waals surface area contributed by atoms with E-state index in [9.17, 15) is 34.6 Å². The summed E-state index contributed by atoms with van der Waals surface area (Å²) in [4.78, 5) is 65.5. The summed E-state index contributed by atoms with van der Waals surface area (Å²) in [6, 6.07) is 15.8. The van der Waals surface area contributed by atoms with Crippen LogP contribution in [0.15, 0.2) is 76.6 Å².